The number of carbonyl (C=O) groups is 1. The quantitative estimate of drug-likeness (QED) is 0.712. The van der Waals surface area contributed by atoms with Crippen LogP contribution >= 0.6 is 22.9 Å². The highest BCUT2D eigenvalue weighted by atomic mass is 35.5. The first-order valence-electron chi connectivity index (χ1n) is 7.93. The van der Waals surface area contributed by atoms with Crippen LogP contribution in [-0.4, -0.2) is 27.9 Å². The summed E-state index contributed by atoms with van der Waals surface area (Å²) < 4.78 is 0. The zero-order valence-corrected chi connectivity index (χ0v) is 16.4. The van der Waals surface area contributed by atoms with Crippen LogP contribution in [0.15, 0.2) is 30.5 Å². The van der Waals surface area contributed by atoms with Crippen LogP contribution < -0.4 is 10.2 Å². The molecular formula is C18H18ClN5OS. The lowest BCUT2D eigenvalue weighted by Crippen LogP contribution is -2.26. The number of nitrogens with one attached hydrogen (secondary N) is 1. The third kappa shape index (κ3) is 3.84. The SMILES string of the molecule is Cc1cc(Nc2ncc(C(=O)N(C)c3c(C)cccc3Cl)s2)nc(C)n1. The molecule has 8 heteroatoms. The van der Waals surface area contributed by atoms with Gasteiger partial charge < -0.3 is 10.2 Å². The van der Waals surface area contributed by atoms with Crippen molar-refractivity contribution in [3.8, 4) is 0 Å². The van der Waals surface area contributed by atoms with Gasteiger partial charge in [-0.3, -0.25) is 4.79 Å². The van der Waals surface area contributed by atoms with Gasteiger partial charge >= 0.3 is 0 Å². The van der Waals surface area contributed by atoms with Crippen molar-refractivity contribution in [3.05, 3.63) is 57.4 Å². The van der Waals surface area contributed by atoms with Gasteiger partial charge in [-0.2, -0.15) is 0 Å². The molecule has 0 saturated heterocycles. The Hall–Kier alpha value is -2.51. The molecule has 2 heterocycles. The molecular weight excluding hydrogens is 370 g/mol. The largest absolute Gasteiger partial charge is 0.316 e. The highest BCUT2D eigenvalue weighted by Gasteiger charge is 2.20. The van der Waals surface area contributed by atoms with Gasteiger partial charge in [-0.1, -0.05) is 35.1 Å². The van der Waals surface area contributed by atoms with Crippen LogP contribution in [0.4, 0.5) is 16.6 Å². The molecule has 1 amide bonds. The summed E-state index contributed by atoms with van der Waals surface area (Å²) in [6.07, 6.45) is 1.55. The summed E-state index contributed by atoms with van der Waals surface area (Å²) in [6.45, 7) is 5.65. The van der Waals surface area contributed by atoms with E-state index in [1.807, 2.05) is 39.0 Å². The highest BCUT2D eigenvalue weighted by molar-refractivity contribution is 7.17. The van der Waals surface area contributed by atoms with Gasteiger partial charge in [0.2, 0.25) is 0 Å². The van der Waals surface area contributed by atoms with E-state index in [9.17, 15) is 4.79 Å². The van der Waals surface area contributed by atoms with Gasteiger partial charge in [0.1, 0.15) is 16.5 Å². The van der Waals surface area contributed by atoms with Gasteiger partial charge in [0.15, 0.2) is 5.13 Å². The summed E-state index contributed by atoms with van der Waals surface area (Å²) in [5.74, 6) is 1.16. The Morgan fingerprint density at radius 2 is 2.00 bits per heavy atom. The van der Waals surface area contributed by atoms with Crippen molar-refractivity contribution in [1.29, 1.82) is 0 Å². The van der Waals surface area contributed by atoms with Crippen molar-refractivity contribution in [2.75, 3.05) is 17.3 Å². The molecule has 0 aliphatic carbocycles. The molecule has 1 aromatic carbocycles. The Morgan fingerprint density at radius 1 is 1.23 bits per heavy atom. The molecule has 0 radical (unpaired) electrons. The Bertz CT molecular complexity index is 931. The average Bonchev–Trinajstić information content (AvgIpc) is 3.01. The predicted octanol–water partition coefficient (Wildman–Crippen LogP) is 4.53. The fourth-order valence-corrected chi connectivity index (χ4v) is 3.78. The maximum absolute atomic E-state index is 12.8. The maximum atomic E-state index is 12.8. The highest BCUT2D eigenvalue weighted by Crippen LogP contribution is 2.31. The van der Waals surface area contributed by atoms with E-state index >= 15 is 0 Å². The standard InChI is InChI=1S/C18H18ClN5OS/c1-10-6-5-7-13(19)16(10)24(4)17(25)14-9-20-18(26-14)23-15-8-11(2)21-12(3)22-15/h5-9H,1-4H3,(H,20,21,22,23). The van der Waals surface area contributed by atoms with Crippen molar-refractivity contribution < 1.29 is 4.79 Å². The monoisotopic (exact) mass is 387 g/mol. The molecule has 6 nitrogen and oxygen atoms in total. The number of anilines is 3. The van der Waals surface area contributed by atoms with E-state index in [1.54, 1.807) is 24.2 Å². The Labute approximate surface area is 160 Å². The van der Waals surface area contributed by atoms with Crippen LogP contribution in [0.3, 0.4) is 0 Å². The van der Waals surface area contributed by atoms with Gasteiger partial charge in [-0.15, -0.1) is 0 Å². The minimum Gasteiger partial charge on any atom is -0.316 e. The minimum absolute atomic E-state index is 0.165. The molecule has 0 aliphatic heterocycles. The summed E-state index contributed by atoms with van der Waals surface area (Å²) >= 11 is 7.53. The van der Waals surface area contributed by atoms with E-state index in [4.69, 9.17) is 11.6 Å². The number of amides is 1. The molecule has 0 spiro atoms. The first-order valence-corrected chi connectivity index (χ1v) is 9.13. The summed E-state index contributed by atoms with van der Waals surface area (Å²) in [4.78, 5) is 27.7. The molecule has 26 heavy (non-hydrogen) atoms. The fourth-order valence-electron chi connectivity index (χ4n) is 2.64. The van der Waals surface area contributed by atoms with E-state index in [0.29, 0.717) is 32.4 Å². The molecule has 0 aliphatic rings. The lowest BCUT2D eigenvalue weighted by Gasteiger charge is -2.20. The van der Waals surface area contributed by atoms with Crippen molar-refractivity contribution in [3.63, 3.8) is 0 Å². The first kappa shape index (κ1) is 18.3. The van der Waals surface area contributed by atoms with Gasteiger partial charge in [-0.05, 0) is 32.4 Å². The average molecular weight is 388 g/mol. The van der Waals surface area contributed by atoms with Crippen LogP contribution in [0.5, 0.6) is 0 Å². The smallest absolute Gasteiger partial charge is 0.269 e. The summed E-state index contributed by atoms with van der Waals surface area (Å²) in [5, 5.41) is 4.25. The van der Waals surface area contributed by atoms with Gasteiger partial charge in [0.05, 0.1) is 16.9 Å². The molecule has 134 valence electrons. The molecule has 3 rings (SSSR count). The van der Waals surface area contributed by atoms with Crippen molar-refractivity contribution >= 4 is 45.5 Å². The number of hydrogen-bond acceptors (Lipinski definition) is 6. The third-order valence-corrected chi connectivity index (χ3v) is 4.95. The van der Waals surface area contributed by atoms with Gasteiger partial charge in [0.25, 0.3) is 5.91 Å². The number of aryl methyl sites for hydroxylation is 3. The molecule has 0 saturated carbocycles. The number of hydrogen-bond donors (Lipinski definition) is 1. The normalized spacial score (nSPS) is 10.7. The van der Waals surface area contributed by atoms with Crippen molar-refractivity contribution in [2.24, 2.45) is 0 Å². The number of nitrogens with zero attached hydrogens (tertiary/aromatic N) is 4. The fraction of sp³-hybridized carbons (Fsp3) is 0.222. The van der Waals surface area contributed by atoms with Gasteiger partial charge in [-0.25, -0.2) is 15.0 Å². The summed E-state index contributed by atoms with van der Waals surface area (Å²) in [7, 11) is 1.71. The van der Waals surface area contributed by atoms with E-state index in [-0.39, 0.29) is 5.91 Å². The number of rotatable bonds is 4. The number of para-hydroxylation sites is 1. The van der Waals surface area contributed by atoms with Crippen LogP contribution in [0.1, 0.15) is 26.8 Å². The van der Waals surface area contributed by atoms with Crippen molar-refractivity contribution in [1.82, 2.24) is 15.0 Å². The minimum atomic E-state index is -0.165. The number of benzene rings is 1. The second-order valence-electron chi connectivity index (χ2n) is 5.87. The first-order chi connectivity index (χ1) is 12.3. The second-order valence-corrected chi connectivity index (χ2v) is 7.30. The third-order valence-electron chi connectivity index (χ3n) is 3.75. The molecule has 0 atom stereocenters. The Morgan fingerprint density at radius 3 is 2.69 bits per heavy atom. The van der Waals surface area contributed by atoms with Gasteiger partial charge in [0, 0.05) is 18.8 Å². The van der Waals surface area contributed by atoms with E-state index in [0.717, 1.165) is 11.3 Å². The van der Waals surface area contributed by atoms with E-state index < -0.39 is 0 Å². The lowest BCUT2D eigenvalue weighted by atomic mass is 10.2. The predicted molar refractivity (Wildman–Crippen MR) is 106 cm³/mol. The van der Waals surface area contributed by atoms with Crippen LogP contribution in [0.25, 0.3) is 0 Å². The maximum Gasteiger partial charge on any atom is 0.269 e. The van der Waals surface area contributed by atoms with E-state index in [1.165, 1.54) is 11.3 Å². The zero-order valence-electron chi connectivity index (χ0n) is 14.9. The topological polar surface area (TPSA) is 71.0 Å². The van der Waals surface area contributed by atoms with E-state index in [2.05, 4.69) is 20.3 Å². The number of thiazole rings is 1. The number of halogens is 1. The lowest BCUT2D eigenvalue weighted by molar-refractivity contribution is 0.0996. The molecule has 3 aromatic rings. The Kier molecular flexibility index (Phi) is 5.20. The van der Waals surface area contributed by atoms with Crippen LogP contribution in [0.2, 0.25) is 5.02 Å². The summed E-state index contributed by atoms with van der Waals surface area (Å²) in [6, 6.07) is 7.38. The number of carbonyl (C=O) groups excluding carboxylic acids is 1. The zero-order chi connectivity index (χ0) is 18.8. The summed E-state index contributed by atoms with van der Waals surface area (Å²) in [5.41, 5.74) is 2.49. The van der Waals surface area contributed by atoms with Crippen LogP contribution in [-0.2, 0) is 0 Å². The van der Waals surface area contributed by atoms with Crippen molar-refractivity contribution in [2.45, 2.75) is 20.8 Å². The molecule has 0 fully saturated rings. The molecule has 2 aromatic heterocycles. The second kappa shape index (κ2) is 7.39. The molecule has 0 bridgehead atoms. The molecule has 0 unspecified atom stereocenters. The molecule has 1 N–H and O–H groups in total. The number of aromatic nitrogens is 3. The van der Waals surface area contributed by atoms with Crippen LogP contribution in [0, 0.1) is 20.8 Å². The Balaban J connectivity index is 1.81.